The number of amides is 2. The molecular weight excluding hydrogens is 414 g/mol. The number of benzene rings is 2. The summed E-state index contributed by atoms with van der Waals surface area (Å²) in [4.78, 5) is 38.1. The summed E-state index contributed by atoms with van der Waals surface area (Å²) >= 11 is 5.83. The summed E-state index contributed by atoms with van der Waals surface area (Å²) < 4.78 is 4.95. The zero-order valence-electron chi connectivity index (χ0n) is 15.5. The van der Waals surface area contributed by atoms with Crippen LogP contribution in [0.2, 0.25) is 5.02 Å². The van der Waals surface area contributed by atoms with Gasteiger partial charge >= 0.3 is 11.8 Å². The Labute approximate surface area is 175 Å². The van der Waals surface area contributed by atoms with Crippen LogP contribution in [0.1, 0.15) is 16.2 Å². The van der Waals surface area contributed by atoms with Gasteiger partial charge in [0, 0.05) is 35.8 Å². The second kappa shape index (κ2) is 9.61. The Morgan fingerprint density at radius 3 is 2.37 bits per heavy atom. The number of nitro groups is 1. The molecule has 10 nitrogen and oxygen atoms in total. The minimum atomic E-state index is -0.563. The molecule has 0 bridgehead atoms. The number of hydrogen-bond acceptors (Lipinski definition) is 7. The molecule has 0 aliphatic rings. The van der Waals surface area contributed by atoms with Crippen LogP contribution in [0.25, 0.3) is 11.4 Å². The number of nitro benzene ring substituents is 1. The highest BCUT2D eigenvalue weighted by Gasteiger charge is 2.16. The van der Waals surface area contributed by atoms with Crippen molar-refractivity contribution in [3.05, 3.63) is 75.1 Å². The van der Waals surface area contributed by atoms with Gasteiger partial charge in [0.2, 0.25) is 11.7 Å². The maximum atomic E-state index is 12.1. The van der Waals surface area contributed by atoms with Crippen LogP contribution in [-0.2, 0) is 11.2 Å². The van der Waals surface area contributed by atoms with E-state index in [4.69, 9.17) is 16.1 Å². The minimum Gasteiger partial charge on any atom is -0.354 e. The van der Waals surface area contributed by atoms with Gasteiger partial charge in [0.15, 0.2) is 0 Å². The summed E-state index contributed by atoms with van der Waals surface area (Å²) in [6.45, 7) is 0.346. The molecule has 11 heteroatoms. The quantitative estimate of drug-likeness (QED) is 0.318. The average molecular weight is 430 g/mol. The molecule has 0 fully saturated rings. The molecule has 3 rings (SSSR count). The van der Waals surface area contributed by atoms with E-state index in [0.717, 1.165) is 0 Å². The monoisotopic (exact) mass is 429 g/mol. The zero-order valence-corrected chi connectivity index (χ0v) is 16.3. The largest absolute Gasteiger partial charge is 0.354 e. The second-order valence-corrected chi connectivity index (χ2v) is 6.57. The predicted molar refractivity (Wildman–Crippen MR) is 107 cm³/mol. The lowest BCUT2D eigenvalue weighted by Gasteiger charge is -2.06. The van der Waals surface area contributed by atoms with E-state index in [-0.39, 0.29) is 42.8 Å². The molecule has 0 unspecified atom stereocenters. The third-order valence-corrected chi connectivity index (χ3v) is 4.22. The fourth-order valence-electron chi connectivity index (χ4n) is 2.47. The van der Waals surface area contributed by atoms with Crippen molar-refractivity contribution in [3.8, 4) is 11.4 Å². The van der Waals surface area contributed by atoms with E-state index in [9.17, 15) is 19.7 Å². The molecule has 30 heavy (non-hydrogen) atoms. The molecule has 2 amide bonds. The summed E-state index contributed by atoms with van der Waals surface area (Å²) in [5.74, 6) is -0.779. The molecular formula is C19H16ClN5O5. The van der Waals surface area contributed by atoms with E-state index in [2.05, 4.69) is 20.8 Å². The average Bonchev–Trinajstić information content (AvgIpc) is 3.22. The van der Waals surface area contributed by atoms with Crippen molar-refractivity contribution >= 4 is 29.1 Å². The van der Waals surface area contributed by atoms with Crippen molar-refractivity contribution < 1.29 is 19.0 Å². The van der Waals surface area contributed by atoms with Crippen molar-refractivity contribution in [3.63, 3.8) is 0 Å². The maximum absolute atomic E-state index is 12.1. The van der Waals surface area contributed by atoms with Gasteiger partial charge in [-0.3, -0.25) is 19.7 Å². The minimum absolute atomic E-state index is 0.0397. The van der Waals surface area contributed by atoms with E-state index in [1.165, 1.54) is 24.3 Å². The van der Waals surface area contributed by atoms with E-state index >= 15 is 0 Å². The van der Waals surface area contributed by atoms with E-state index in [1.807, 2.05) is 0 Å². The van der Waals surface area contributed by atoms with Crippen LogP contribution >= 0.6 is 11.6 Å². The number of nitrogens with one attached hydrogen (secondary N) is 2. The summed E-state index contributed by atoms with van der Waals surface area (Å²) in [5, 5.41) is 20.2. The molecule has 0 radical (unpaired) electrons. The number of nitrogens with zero attached hydrogens (tertiary/aromatic N) is 3. The summed E-state index contributed by atoms with van der Waals surface area (Å²) in [7, 11) is 0. The Kier molecular flexibility index (Phi) is 6.71. The fraction of sp³-hybridized carbons (Fsp3) is 0.158. The Balaban J connectivity index is 1.42. The van der Waals surface area contributed by atoms with Gasteiger partial charge in [0.1, 0.15) is 0 Å². The standard InChI is InChI=1S/C19H16ClN5O5/c20-14-5-3-13(4-6-14)17-23-19(30-24-17)18(27)22-10-9-21-16(26)11-12-1-7-15(8-2-12)25(28)29/h1-8H,9-11H2,(H,21,26)(H,22,27). The molecule has 0 aliphatic heterocycles. The van der Waals surface area contributed by atoms with Crippen LogP contribution in [0.4, 0.5) is 5.69 Å². The number of aromatic nitrogens is 2. The summed E-state index contributed by atoms with van der Waals surface area (Å²) in [6.07, 6.45) is 0.0695. The normalized spacial score (nSPS) is 10.4. The van der Waals surface area contributed by atoms with Crippen LogP contribution in [0.5, 0.6) is 0 Å². The topological polar surface area (TPSA) is 140 Å². The number of carbonyl (C=O) groups excluding carboxylic acids is 2. The van der Waals surface area contributed by atoms with E-state index in [1.54, 1.807) is 24.3 Å². The van der Waals surface area contributed by atoms with Crippen LogP contribution in [-0.4, -0.2) is 40.0 Å². The van der Waals surface area contributed by atoms with Crippen molar-refractivity contribution in [2.75, 3.05) is 13.1 Å². The molecule has 0 saturated carbocycles. The van der Waals surface area contributed by atoms with Crippen LogP contribution in [0.15, 0.2) is 53.1 Å². The maximum Gasteiger partial charge on any atom is 0.316 e. The Bertz CT molecular complexity index is 1050. The number of halogens is 1. The van der Waals surface area contributed by atoms with Gasteiger partial charge in [0.05, 0.1) is 11.3 Å². The second-order valence-electron chi connectivity index (χ2n) is 6.14. The first kappa shape index (κ1) is 20.9. The third kappa shape index (κ3) is 5.61. The van der Waals surface area contributed by atoms with Crippen molar-refractivity contribution in [2.24, 2.45) is 0 Å². The van der Waals surface area contributed by atoms with E-state index < -0.39 is 10.8 Å². The lowest BCUT2D eigenvalue weighted by atomic mass is 10.1. The van der Waals surface area contributed by atoms with Crippen LogP contribution in [0.3, 0.4) is 0 Å². The molecule has 0 saturated heterocycles. The number of rotatable bonds is 8. The van der Waals surface area contributed by atoms with Crippen molar-refractivity contribution in [1.29, 1.82) is 0 Å². The first-order valence-electron chi connectivity index (χ1n) is 8.80. The van der Waals surface area contributed by atoms with Gasteiger partial charge in [-0.2, -0.15) is 4.98 Å². The summed E-state index contributed by atoms with van der Waals surface area (Å²) in [5.41, 5.74) is 1.26. The molecule has 0 spiro atoms. The zero-order chi connectivity index (χ0) is 21.5. The fourth-order valence-corrected chi connectivity index (χ4v) is 2.59. The molecule has 0 aliphatic carbocycles. The molecule has 2 N–H and O–H groups in total. The Morgan fingerprint density at radius 2 is 1.70 bits per heavy atom. The van der Waals surface area contributed by atoms with Crippen molar-refractivity contribution in [2.45, 2.75) is 6.42 Å². The smallest absolute Gasteiger partial charge is 0.316 e. The highest BCUT2D eigenvalue weighted by molar-refractivity contribution is 6.30. The number of carbonyl (C=O) groups is 2. The van der Waals surface area contributed by atoms with Gasteiger partial charge in [-0.1, -0.05) is 28.9 Å². The third-order valence-electron chi connectivity index (χ3n) is 3.97. The first-order chi connectivity index (χ1) is 14.4. The molecule has 3 aromatic rings. The molecule has 1 aromatic heterocycles. The number of non-ortho nitro benzene ring substituents is 1. The van der Waals surface area contributed by atoms with Crippen LogP contribution < -0.4 is 10.6 Å². The Morgan fingerprint density at radius 1 is 1.03 bits per heavy atom. The lowest BCUT2D eigenvalue weighted by molar-refractivity contribution is -0.384. The van der Waals surface area contributed by atoms with Gasteiger partial charge < -0.3 is 15.2 Å². The van der Waals surface area contributed by atoms with E-state index in [0.29, 0.717) is 16.1 Å². The molecule has 0 atom stereocenters. The Hall–Kier alpha value is -3.79. The molecule has 2 aromatic carbocycles. The van der Waals surface area contributed by atoms with Gasteiger partial charge in [-0.05, 0) is 29.8 Å². The van der Waals surface area contributed by atoms with Gasteiger partial charge in [-0.15, -0.1) is 0 Å². The molecule has 154 valence electrons. The predicted octanol–water partition coefficient (Wildman–Crippen LogP) is 2.39. The lowest BCUT2D eigenvalue weighted by Crippen LogP contribution is -2.35. The van der Waals surface area contributed by atoms with Gasteiger partial charge in [0.25, 0.3) is 5.69 Å². The van der Waals surface area contributed by atoms with Crippen LogP contribution in [0, 0.1) is 10.1 Å². The number of hydrogen-bond donors (Lipinski definition) is 2. The summed E-state index contributed by atoms with van der Waals surface area (Å²) in [6, 6.07) is 12.5. The highest BCUT2D eigenvalue weighted by Crippen LogP contribution is 2.18. The first-order valence-corrected chi connectivity index (χ1v) is 9.18. The molecule has 1 heterocycles. The SMILES string of the molecule is O=C(Cc1ccc([N+](=O)[O-])cc1)NCCNC(=O)c1nc(-c2ccc(Cl)cc2)no1. The van der Waals surface area contributed by atoms with Gasteiger partial charge in [-0.25, -0.2) is 0 Å². The highest BCUT2D eigenvalue weighted by atomic mass is 35.5. The van der Waals surface area contributed by atoms with Crippen molar-refractivity contribution in [1.82, 2.24) is 20.8 Å².